The summed E-state index contributed by atoms with van der Waals surface area (Å²) >= 11 is 9.34. The van der Waals surface area contributed by atoms with Crippen LogP contribution >= 0.6 is 27.5 Å². The molecular formula is C13H10BrClN2O. The van der Waals surface area contributed by atoms with Gasteiger partial charge in [0, 0.05) is 23.4 Å². The summed E-state index contributed by atoms with van der Waals surface area (Å²) in [6.45, 7) is 0.426. The zero-order valence-corrected chi connectivity index (χ0v) is 11.7. The third-order valence-electron chi connectivity index (χ3n) is 2.37. The van der Waals surface area contributed by atoms with E-state index in [4.69, 9.17) is 11.6 Å². The Morgan fingerprint density at radius 3 is 2.89 bits per heavy atom. The molecule has 0 radical (unpaired) electrons. The molecule has 92 valence electrons. The van der Waals surface area contributed by atoms with Crippen molar-refractivity contribution < 1.29 is 4.79 Å². The van der Waals surface area contributed by atoms with Crippen molar-refractivity contribution in [2.45, 2.75) is 6.54 Å². The molecule has 0 unspecified atom stereocenters. The largest absolute Gasteiger partial charge is 0.348 e. The first-order valence-corrected chi connectivity index (χ1v) is 6.46. The van der Waals surface area contributed by atoms with E-state index in [2.05, 4.69) is 26.2 Å². The van der Waals surface area contributed by atoms with Gasteiger partial charge in [-0.3, -0.25) is 9.78 Å². The summed E-state index contributed by atoms with van der Waals surface area (Å²) in [7, 11) is 0. The van der Waals surface area contributed by atoms with E-state index in [1.165, 1.54) is 0 Å². The van der Waals surface area contributed by atoms with Crippen LogP contribution < -0.4 is 5.32 Å². The molecule has 5 heteroatoms. The molecule has 0 spiro atoms. The molecule has 0 saturated carbocycles. The van der Waals surface area contributed by atoms with Gasteiger partial charge in [0.25, 0.3) is 5.91 Å². The van der Waals surface area contributed by atoms with Gasteiger partial charge in [-0.15, -0.1) is 0 Å². The molecule has 1 amide bonds. The lowest BCUT2D eigenvalue weighted by atomic mass is 10.2. The lowest BCUT2D eigenvalue weighted by Crippen LogP contribution is -2.23. The van der Waals surface area contributed by atoms with Crippen molar-refractivity contribution in [2.24, 2.45) is 0 Å². The van der Waals surface area contributed by atoms with Gasteiger partial charge in [-0.1, -0.05) is 23.7 Å². The van der Waals surface area contributed by atoms with E-state index in [1.807, 2.05) is 12.1 Å². The topological polar surface area (TPSA) is 42.0 Å². The van der Waals surface area contributed by atoms with Crippen molar-refractivity contribution in [1.82, 2.24) is 10.3 Å². The van der Waals surface area contributed by atoms with Crippen LogP contribution in [0.5, 0.6) is 0 Å². The molecule has 0 aliphatic rings. The summed E-state index contributed by atoms with van der Waals surface area (Å²) in [4.78, 5) is 15.9. The number of benzene rings is 1. The van der Waals surface area contributed by atoms with E-state index >= 15 is 0 Å². The molecule has 1 aromatic carbocycles. The molecule has 2 rings (SSSR count). The van der Waals surface area contributed by atoms with E-state index in [0.717, 1.165) is 5.56 Å². The van der Waals surface area contributed by atoms with Crippen molar-refractivity contribution in [1.29, 1.82) is 0 Å². The summed E-state index contributed by atoms with van der Waals surface area (Å²) < 4.78 is 0.707. The van der Waals surface area contributed by atoms with Crippen LogP contribution in [-0.4, -0.2) is 10.9 Å². The van der Waals surface area contributed by atoms with Crippen LogP contribution in [-0.2, 0) is 6.54 Å². The highest BCUT2D eigenvalue weighted by Gasteiger charge is 2.11. The van der Waals surface area contributed by atoms with E-state index < -0.39 is 0 Å². The fourth-order valence-electron chi connectivity index (χ4n) is 1.46. The number of aromatic nitrogens is 1. The van der Waals surface area contributed by atoms with Gasteiger partial charge in [-0.2, -0.15) is 0 Å². The number of hydrogen-bond acceptors (Lipinski definition) is 2. The Bertz CT molecular complexity index is 560. The first kappa shape index (κ1) is 13.1. The van der Waals surface area contributed by atoms with E-state index in [-0.39, 0.29) is 5.91 Å². The second kappa shape index (κ2) is 5.98. The fraction of sp³-hybridized carbons (Fsp3) is 0.0769. The SMILES string of the molecule is O=C(NCc1cccnc1)c1cccc(Br)c1Cl. The first-order valence-electron chi connectivity index (χ1n) is 5.29. The molecule has 1 aromatic heterocycles. The lowest BCUT2D eigenvalue weighted by Gasteiger charge is -2.07. The second-order valence-electron chi connectivity index (χ2n) is 3.65. The molecule has 3 nitrogen and oxygen atoms in total. The van der Waals surface area contributed by atoms with Gasteiger partial charge in [0.05, 0.1) is 10.6 Å². The molecule has 2 aromatic rings. The summed E-state index contributed by atoms with van der Waals surface area (Å²) in [5.41, 5.74) is 1.40. The number of halogens is 2. The van der Waals surface area contributed by atoms with Gasteiger partial charge < -0.3 is 5.32 Å². The molecule has 18 heavy (non-hydrogen) atoms. The van der Waals surface area contributed by atoms with Gasteiger partial charge in [-0.25, -0.2) is 0 Å². The quantitative estimate of drug-likeness (QED) is 0.939. The third kappa shape index (κ3) is 3.09. The maximum atomic E-state index is 12.0. The minimum Gasteiger partial charge on any atom is -0.348 e. The molecule has 0 atom stereocenters. The lowest BCUT2D eigenvalue weighted by molar-refractivity contribution is 0.0951. The van der Waals surface area contributed by atoms with E-state index in [1.54, 1.807) is 30.6 Å². The van der Waals surface area contributed by atoms with Crippen molar-refractivity contribution in [3.05, 3.63) is 63.3 Å². The molecule has 1 heterocycles. The Hall–Kier alpha value is -1.39. The standard InChI is InChI=1S/C13H10BrClN2O/c14-11-5-1-4-10(12(11)15)13(18)17-8-9-3-2-6-16-7-9/h1-7H,8H2,(H,17,18). The Kier molecular flexibility index (Phi) is 4.33. The Balaban J connectivity index is 2.07. The van der Waals surface area contributed by atoms with Gasteiger partial charge in [0.2, 0.25) is 0 Å². The van der Waals surface area contributed by atoms with Crippen LogP contribution in [0.4, 0.5) is 0 Å². The monoisotopic (exact) mass is 324 g/mol. The molecule has 0 saturated heterocycles. The number of pyridine rings is 1. The zero-order valence-electron chi connectivity index (χ0n) is 9.36. The molecule has 1 N–H and O–H groups in total. The molecule has 0 bridgehead atoms. The number of nitrogens with zero attached hydrogens (tertiary/aromatic N) is 1. The number of carbonyl (C=O) groups excluding carboxylic acids is 1. The number of carbonyl (C=O) groups is 1. The van der Waals surface area contributed by atoms with Crippen LogP contribution in [0.15, 0.2) is 47.2 Å². The average Bonchev–Trinajstić information content (AvgIpc) is 2.40. The van der Waals surface area contributed by atoms with Crippen LogP contribution in [0.1, 0.15) is 15.9 Å². The molecule has 0 aliphatic carbocycles. The van der Waals surface area contributed by atoms with Crippen LogP contribution in [0.2, 0.25) is 5.02 Å². The van der Waals surface area contributed by atoms with Gasteiger partial charge >= 0.3 is 0 Å². The highest BCUT2D eigenvalue weighted by Crippen LogP contribution is 2.25. The fourth-order valence-corrected chi connectivity index (χ4v) is 2.04. The van der Waals surface area contributed by atoms with Crippen LogP contribution in [0.25, 0.3) is 0 Å². The summed E-state index contributed by atoms with van der Waals surface area (Å²) in [6.07, 6.45) is 3.40. The van der Waals surface area contributed by atoms with Crippen LogP contribution in [0, 0.1) is 0 Å². The Labute approximate surface area is 118 Å². The predicted molar refractivity (Wildman–Crippen MR) is 74.6 cm³/mol. The van der Waals surface area contributed by atoms with Crippen molar-refractivity contribution in [3.8, 4) is 0 Å². The first-order chi connectivity index (χ1) is 8.68. The highest BCUT2D eigenvalue weighted by atomic mass is 79.9. The van der Waals surface area contributed by atoms with Gasteiger partial charge in [-0.05, 0) is 39.7 Å². The van der Waals surface area contributed by atoms with Crippen LogP contribution in [0.3, 0.4) is 0 Å². The normalized spacial score (nSPS) is 10.1. The van der Waals surface area contributed by atoms with Gasteiger partial charge in [0.15, 0.2) is 0 Å². The van der Waals surface area contributed by atoms with Crippen molar-refractivity contribution in [2.75, 3.05) is 0 Å². The maximum absolute atomic E-state index is 12.0. The van der Waals surface area contributed by atoms with Gasteiger partial charge in [0.1, 0.15) is 0 Å². The number of amides is 1. The number of rotatable bonds is 3. The average molecular weight is 326 g/mol. The molecule has 0 fully saturated rings. The molecule has 0 aliphatic heterocycles. The maximum Gasteiger partial charge on any atom is 0.253 e. The smallest absolute Gasteiger partial charge is 0.253 e. The highest BCUT2D eigenvalue weighted by molar-refractivity contribution is 9.10. The summed E-state index contributed by atoms with van der Waals surface area (Å²) in [5.74, 6) is -0.204. The number of hydrogen-bond donors (Lipinski definition) is 1. The second-order valence-corrected chi connectivity index (χ2v) is 4.88. The predicted octanol–water partition coefficient (Wildman–Crippen LogP) is 3.43. The van der Waals surface area contributed by atoms with E-state index in [0.29, 0.717) is 21.6 Å². The molecular weight excluding hydrogens is 316 g/mol. The minimum atomic E-state index is -0.204. The number of nitrogens with one attached hydrogen (secondary N) is 1. The van der Waals surface area contributed by atoms with Crippen molar-refractivity contribution in [3.63, 3.8) is 0 Å². The van der Waals surface area contributed by atoms with Crippen molar-refractivity contribution >= 4 is 33.4 Å². The van der Waals surface area contributed by atoms with E-state index in [9.17, 15) is 4.79 Å². The summed E-state index contributed by atoms with van der Waals surface area (Å²) in [6, 6.07) is 8.98. The minimum absolute atomic E-state index is 0.204. The Morgan fingerprint density at radius 1 is 1.33 bits per heavy atom. The third-order valence-corrected chi connectivity index (χ3v) is 3.67. The zero-order chi connectivity index (χ0) is 13.0. The Morgan fingerprint density at radius 2 is 2.17 bits per heavy atom. The summed E-state index contributed by atoms with van der Waals surface area (Å²) in [5, 5.41) is 3.22.